The highest BCUT2D eigenvalue weighted by atomic mass is 32.2. The molecule has 3 aromatic rings. The number of nitrogens with zero attached hydrogens (tertiary/aromatic N) is 4. The molecule has 0 fully saturated rings. The molecule has 12 nitrogen and oxygen atoms in total. The fourth-order valence-corrected chi connectivity index (χ4v) is 3.46. The van der Waals surface area contributed by atoms with E-state index in [1.807, 2.05) is 5.40 Å². The van der Waals surface area contributed by atoms with Crippen LogP contribution in [0.5, 0.6) is 0 Å². The van der Waals surface area contributed by atoms with Crippen LogP contribution in [0.3, 0.4) is 0 Å². The number of benzene rings is 3. The molecule has 0 aliphatic heterocycles. The smallest absolute Gasteiger partial charge is 0.336 e. The van der Waals surface area contributed by atoms with E-state index in [-0.39, 0.29) is 11.3 Å². The number of carbonyl (C=O) groups is 3. The molecule has 35 heavy (non-hydrogen) atoms. The Kier molecular flexibility index (Phi) is 7.18. The molecule has 0 spiro atoms. The Morgan fingerprint density at radius 1 is 0.857 bits per heavy atom. The van der Waals surface area contributed by atoms with Crippen LogP contribution in [-0.4, -0.2) is 32.7 Å². The maximum Gasteiger partial charge on any atom is 0.336 e. The molecule has 0 atom stereocenters. The predicted molar refractivity (Wildman–Crippen MR) is 122 cm³/mol. The highest BCUT2D eigenvalue weighted by molar-refractivity contribution is 8.03. The number of nitro groups is 2. The first-order chi connectivity index (χ1) is 16.6. The number of non-ortho nitro benzene ring substituents is 2. The zero-order valence-electron chi connectivity index (χ0n) is 17.4. The average molecular weight is 492 g/mol. The first-order valence-corrected chi connectivity index (χ1v) is 10.3. The van der Waals surface area contributed by atoms with Crippen LogP contribution in [0.4, 0.5) is 17.1 Å². The van der Waals surface area contributed by atoms with Crippen molar-refractivity contribution in [3.05, 3.63) is 104 Å². The number of thioether (sulfide) groups is 1. The summed E-state index contributed by atoms with van der Waals surface area (Å²) >= 11 is 0.811. The van der Waals surface area contributed by atoms with Gasteiger partial charge in [-0.15, -0.1) is 0 Å². The molecule has 1 N–H and O–H groups in total. The van der Waals surface area contributed by atoms with Crippen LogP contribution in [0.1, 0.15) is 31.1 Å². The van der Waals surface area contributed by atoms with Crippen molar-refractivity contribution in [2.24, 2.45) is 0 Å². The number of rotatable bonds is 7. The van der Waals surface area contributed by atoms with Crippen LogP contribution in [0.2, 0.25) is 0 Å². The van der Waals surface area contributed by atoms with Gasteiger partial charge in [-0.05, 0) is 48.2 Å². The van der Waals surface area contributed by atoms with Gasteiger partial charge in [0.25, 0.3) is 23.2 Å². The summed E-state index contributed by atoms with van der Waals surface area (Å²) in [6.45, 7) is 0. The summed E-state index contributed by atoms with van der Waals surface area (Å²) in [5.41, 5.74) is -2.86. The third-order valence-electron chi connectivity index (χ3n) is 4.62. The number of nitriles is 1. The summed E-state index contributed by atoms with van der Waals surface area (Å²) in [6.07, 6.45) is 0. The van der Waals surface area contributed by atoms with Gasteiger partial charge in [-0.2, -0.15) is 5.26 Å². The average Bonchev–Trinajstić information content (AvgIpc) is 2.84. The van der Waals surface area contributed by atoms with Gasteiger partial charge in [-0.3, -0.25) is 29.8 Å². The van der Waals surface area contributed by atoms with Crippen LogP contribution < -0.4 is 4.90 Å². The third-order valence-corrected chi connectivity index (χ3v) is 5.22. The molecule has 0 saturated heterocycles. The SMILES string of the molecule is N#CSc1ccc(N(C(=O)c2cc([N+](=O)[O-])cc([N+](=O)[O-])c2)C(=O)c2ccccc2C(=O)O)cc1. The van der Waals surface area contributed by atoms with E-state index in [9.17, 15) is 39.7 Å². The Labute approximate surface area is 200 Å². The van der Waals surface area contributed by atoms with E-state index in [1.165, 1.54) is 42.5 Å². The lowest BCUT2D eigenvalue weighted by molar-refractivity contribution is -0.394. The molecule has 0 saturated carbocycles. The molecule has 174 valence electrons. The number of hydrogen-bond acceptors (Lipinski definition) is 9. The second kappa shape index (κ2) is 10.2. The second-order valence-corrected chi connectivity index (χ2v) is 7.59. The molecule has 0 aliphatic carbocycles. The Bertz CT molecular complexity index is 1380. The van der Waals surface area contributed by atoms with E-state index in [1.54, 1.807) is 0 Å². The zero-order valence-corrected chi connectivity index (χ0v) is 18.2. The van der Waals surface area contributed by atoms with Gasteiger partial charge in [0.05, 0.1) is 38.3 Å². The molecule has 0 aromatic heterocycles. The summed E-state index contributed by atoms with van der Waals surface area (Å²) in [4.78, 5) is 60.3. The Hall–Kier alpha value is -5.09. The lowest BCUT2D eigenvalue weighted by Crippen LogP contribution is -2.38. The number of hydrogen-bond donors (Lipinski definition) is 1. The molecule has 3 aromatic carbocycles. The van der Waals surface area contributed by atoms with Crippen molar-refractivity contribution in [1.29, 1.82) is 5.26 Å². The maximum absolute atomic E-state index is 13.5. The van der Waals surface area contributed by atoms with E-state index in [0.717, 1.165) is 30.0 Å². The second-order valence-electron chi connectivity index (χ2n) is 6.74. The van der Waals surface area contributed by atoms with Crippen molar-refractivity contribution in [2.75, 3.05) is 4.90 Å². The van der Waals surface area contributed by atoms with Crippen molar-refractivity contribution >= 4 is 46.6 Å². The van der Waals surface area contributed by atoms with E-state index in [4.69, 9.17) is 5.26 Å². The van der Waals surface area contributed by atoms with Gasteiger partial charge in [0.15, 0.2) is 0 Å². The number of thiocyanates is 1. The number of amides is 2. The minimum Gasteiger partial charge on any atom is -0.478 e. The van der Waals surface area contributed by atoms with Gasteiger partial charge in [-0.25, -0.2) is 9.69 Å². The number of anilines is 1. The van der Waals surface area contributed by atoms with Gasteiger partial charge in [-0.1, -0.05) is 12.1 Å². The van der Waals surface area contributed by atoms with Crippen LogP contribution in [0.25, 0.3) is 0 Å². The minimum absolute atomic E-state index is 0.0587. The standard InChI is InChI=1S/C22H12N4O8S/c23-12-35-17-7-5-14(6-8-17)24(21(28)18-3-1-2-4-19(18)22(29)30)20(27)13-9-15(25(31)32)11-16(10-13)26(33)34/h1-11H,(H,29,30). The number of carboxylic acids is 1. The monoisotopic (exact) mass is 492 g/mol. The molecule has 0 aliphatic rings. The normalized spacial score (nSPS) is 10.1. The molecule has 0 radical (unpaired) electrons. The Balaban J connectivity index is 2.21. The topological polar surface area (TPSA) is 185 Å². The largest absolute Gasteiger partial charge is 0.478 e. The van der Waals surface area contributed by atoms with Gasteiger partial charge >= 0.3 is 5.97 Å². The first kappa shape index (κ1) is 24.6. The molecule has 0 bridgehead atoms. The fraction of sp³-hybridized carbons (Fsp3) is 0. The van der Waals surface area contributed by atoms with E-state index in [0.29, 0.717) is 15.9 Å². The summed E-state index contributed by atoms with van der Waals surface area (Å²) < 4.78 is 0. The number of aromatic carboxylic acids is 1. The number of nitro benzene ring substituents is 2. The Morgan fingerprint density at radius 2 is 1.40 bits per heavy atom. The van der Waals surface area contributed by atoms with Crippen LogP contribution >= 0.6 is 11.8 Å². The highest BCUT2D eigenvalue weighted by Crippen LogP contribution is 2.28. The molecule has 13 heteroatoms. The highest BCUT2D eigenvalue weighted by Gasteiger charge is 2.31. The quantitative estimate of drug-likeness (QED) is 0.164. The van der Waals surface area contributed by atoms with Crippen molar-refractivity contribution in [2.45, 2.75) is 4.90 Å². The predicted octanol–water partition coefficient (Wildman–Crippen LogP) is 4.26. The molecule has 2 amide bonds. The minimum atomic E-state index is -1.44. The zero-order chi connectivity index (χ0) is 25.7. The summed E-state index contributed by atoms with van der Waals surface area (Å²) in [6, 6.07) is 12.8. The van der Waals surface area contributed by atoms with Gasteiger partial charge in [0.1, 0.15) is 5.40 Å². The van der Waals surface area contributed by atoms with Gasteiger partial charge in [0, 0.05) is 17.0 Å². The van der Waals surface area contributed by atoms with Gasteiger partial charge < -0.3 is 5.11 Å². The summed E-state index contributed by atoms with van der Waals surface area (Å²) in [5, 5.41) is 42.7. The molecule has 0 unspecified atom stereocenters. The first-order valence-electron chi connectivity index (χ1n) is 9.45. The molecular weight excluding hydrogens is 480 g/mol. The van der Waals surface area contributed by atoms with Crippen molar-refractivity contribution in [1.82, 2.24) is 0 Å². The lowest BCUT2D eigenvalue weighted by atomic mass is 10.0. The summed E-state index contributed by atoms with van der Waals surface area (Å²) in [7, 11) is 0. The van der Waals surface area contributed by atoms with Crippen molar-refractivity contribution in [3.63, 3.8) is 0 Å². The van der Waals surface area contributed by atoms with Crippen LogP contribution in [0.15, 0.2) is 71.6 Å². The van der Waals surface area contributed by atoms with Crippen molar-refractivity contribution < 1.29 is 29.3 Å². The van der Waals surface area contributed by atoms with Gasteiger partial charge in [0.2, 0.25) is 0 Å². The van der Waals surface area contributed by atoms with E-state index in [2.05, 4.69) is 0 Å². The fourth-order valence-electron chi connectivity index (χ4n) is 3.08. The molecular formula is C22H12N4O8S. The van der Waals surface area contributed by atoms with E-state index >= 15 is 0 Å². The lowest BCUT2D eigenvalue weighted by Gasteiger charge is -2.22. The number of carbonyl (C=O) groups excluding carboxylic acids is 2. The van der Waals surface area contributed by atoms with Crippen LogP contribution in [-0.2, 0) is 0 Å². The Morgan fingerprint density at radius 3 is 1.89 bits per heavy atom. The van der Waals surface area contributed by atoms with E-state index < -0.39 is 50.1 Å². The molecule has 3 rings (SSSR count). The summed E-state index contributed by atoms with van der Waals surface area (Å²) in [5.74, 6) is -3.68. The third kappa shape index (κ3) is 5.29. The van der Waals surface area contributed by atoms with Crippen molar-refractivity contribution in [3.8, 4) is 5.40 Å². The molecule has 0 heterocycles. The van der Waals surface area contributed by atoms with Crippen LogP contribution in [0, 0.1) is 30.9 Å². The number of imide groups is 1. The number of carboxylic acid groups (broad SMARTS) is 1. The maximum atomic E-state index is 13.5.